The maximum absolute atomic E-state index is 5.37. The maximum atomic E-state index is 5.37. The summed E-state index contributed by atoms with van der Waals surface area (Å²) in [6, 6.07) is 5.12. The molecule has 1 saturated heterocycles. The largest absolute Gasteiger partial charge is 0.469 e. The van der Waals surface area contributed by atoms with Crippen LogP contribution in [0.4, 0.5) is 0 Å². The summed E-state index contributed by atoms with van der Waals surface area (Å²) < 4.78 is 5.37. The van der Waals surface area contributed by atoms with Crippen molar-refractivity contribution in [3.63, 3.8) is 0 Å². The molecule has 5 nitrogen and oxygen atoms in total. The first-order valence-corrected chi connectivity index (χ1v) is 9.00. The highest BCUT2D eigenvalue weighted by Crippen LogP contribution is 2.12. The van der Waals surface area contributed by atoms with E-state index < -0.39 is 0 Å². The van der Waals surface area contributed by atoms with E-state index in [2.05, 4.69) is 41.3 Å². The van der Waals surface area contributed by atoms with Crippen LogP contribution in [0.15, 0.2) is 27.8 Å². The van der Waals surface area contributed by atoms with Crippen LogP contribution in [0, 0.1) is 0 Å². The fourth-order valence-electron chi connectivity index (χ4n) is 2.89. The van der Waals surface area contributed by atoms with Crippen LogP contribution in [0.5, 0.6) is 0 Å². The Labute approximate surface area is 163 Å². The lowest BCUT2D eigenvalue weighted by Crippen LogP contribution is -2.50. The number of rotatable bonds is 7. The zero-order valence-corrected chi connectivity index (χ0v) is 17.6. The second-order valence-corrected chi connectivity index (χ2v) is 6.53. The molecular weight excluding hydrogens is 415 g/mol. The second kappa shape index (κ2) is 11.7. The zero-order chi connectivity index (χ0) is 16.5. The fraction of sp³-hybridized carbons (Fsp3) is 0.722. The molecule has 2 rings (SSSR count). The molecule has 0 atom stereocenters. The Hall–Kier alpha value is -0.760. The number of halogens is 1. The van der Waals surface area contributed by atoms with Crippen molar-refractivity contribution in [3.05, 3.63) is 24.2 Å². The molecule has 0 amide bonds. The van der Waals surface area contributed by atoms with Crippen LogP contribution >= 0.6 is 24.0 Å². The number of furan rings is 1. The van der Waals surface area contributed by atoms with Crippen LogP contribution in [0.2, 0.25) is 0 Å². The van der Waals surface area contributed by atoms with Gasteiger partial charge in [0.2, 0.25) is 0 Å². The van der Waals surface area contributed by atoms with Gasteiger partial charge in [-0.05, 0) is 45.2 Å². The Kier molecular flexibility index (Phi) is 10.4. The highest BCUT2D eigenvalue weighted by atomic mass is 127. The van der Waals surface area contributed by atoms with E-state index >= 15 is 0 Å². The maximum Gasteiger partial charge on any atom is 0.191 e. The van der Waals surface area contributed by atoms with Crippen molar-refractivity contribution >= 4 is 29.9 Å². The van der Waals surface area contributed by atoms with Crippen LogP contribution in [-0.4, -0.2) is 49.1 Å². The number of piperidine rings is 1. The van der Waals surface area contributed by atoms with Crippen molar-refractivity contribution < 1.29 is 4.42 Å². The third kappa shape index (κ3) is 7.42. The van der Waals surface area contributed by atoms with Crippen LogP contribution in [-0.2, 0) is 6.42 Å². The number of hydrogen-bond donors (Lipinski definition) is 2. The molecule has 6 heteroatoms. The highest BCUT2D eigenvalue weighted by Gasteiger charge is 2.21. The molecule has 138 valence electrons. The summed E-state index contributed by atoms with van der Waals surface area (Å²) in [6.45, 7) is 10.8. The summed E-state index contributed by atoms with van der Waals surface area (Å²) in [6.07, 6.45) is 6.04. The van der Waals surface area contributed by atoms with E-state index in [0.29, 0.717) is 12.1 Å². The predicted molar refractivity (Wildman–Crippen MR) is 111 cm³/mol. The minimum atomic E-state index is 0. The van der Waals surface area contributed by atoms with Crippen molar-refractivity contribution in [2.45, 2.75) is 58.5 Å². The second-order valence-electron chi connectivity index (χ2n) is 6.53. The van der Waals surface area contributed by atoms with E-state index in [1.807, 2.05) is 12.1 Å². The molecule has 0 radical (unpaired) electrons. The molecule has 1 fully saturated rings. The summed E-state index contributed by atoms with van der Waals surface area (Å²) in [5, 5.41) is 7.05. The molecule has 0 spiro atoms. The third-order valence-corrected chi connectivity index (χ3v) is 4.34. The van der Waals surface area contributed by atoms with Crippen molar-refractivity contribution in [2.75, 3.05) is 26.2 Å². The summed E-state index contributed by atoms with van der Waals surface area (Å²) >= 11 is 0. The molecule has 0 bridgehead atoms. The van der Waals surface area contributed by atoms with Crippen LogP contribution in [0.25, 0.3) is 0 Å². The number of likely N-dealkylation sites (tertiary alicyclic amines) is 1. The first kappa shape index (κ1) is 21.3. The SMILES string of the molecule is CCCN=C(NCCc1ccco1)NC1CCN(C(C)C)CC1.I. The highest BCUT2D eigenvalue weighted by molar-refractivity contribution is 14.0. The van der Waals surface area contributed by atoms with E-state index in [1.54, 1.807) is 6.26 Å². The Morgan fingerprint density at radius 1 is 1.38 bits per heavy atom. The molecule has 0 aliphatic carbocycles. The lowest BCUT2D eigenvalue weighted by molar-refractivity contribution is 0.167. The molecule has 1 aromatic heterocycles. The molecule has 1 aromatic rings. The van der Waals surface area contributed by atoms with Gasteiger partial charge in [-0.15, -0.1) is 24.0 Å². The molecule has 24 heavy (non-hydrogen) atoms. The fourth-order valence-corrected chi connectivity index (χ4v) is 2.89. The molecule has 1 aliphatic rings. The normalized spacial score (nSPS) is 16.9. The van der Waals surface area contributed by atoms with Gasteiger partial charge in [0.25, 0.3) is 0 Å². The average Bonchev–Trinajstić information content (AvgIpc) is 3.06. The monoisotopic (exact) mass is 448 g/mol. The van der Waals surface area contributed by atoms with E-state index in [0.717, 1.165) is 37.7 Å². The number of guanidine groups is 1. The first-order chi connectivity index (χ1) is 11.2. The summed E-state index contributed by atoms with van der Waals surface area (Å²) in [7, 11) is 0. The van der Waals surface area contributed by atoms with Crippen LogP contribution in [0.1, 0.15) is 45.8 Å². The lowest BCUT2D eigenvalue weighted by Gasteiger charge is -2.35. The number of aliphatic imine (C=N–C) groups is 1. The van der Waals surface area contributed by atoms with Crippen LogP contribution < -0.4 is 10.6 Å². The van der Waals surface area contributed by atoms with E-state index in [-0.39, 0.29) is 24.0 Å². The van der Waals surface area contributed by atoms with E-state index in [9.17, 15) is 0 Å². The van der Waals surface area contributed by atoms with Gasteiger partial charge in [0.05, 0.1) is 6.26 Å². The number of nitrogens with zero attached hydrogens (tertiary/aromatic N) is 2. The molecular formula is C18H33IN4O. The quantitative estimate of drug-likeness (QED) is 0.382. The summed E-state index contributed by atoms with van der Waals surface area (Å²) in [5.41, 5.74) is 0. The van der Waals surface area contributed by atoms with Gasteiger partial charge in [-0.2, -0.15) is 0 Å². The average molecular weight is 448 g/mol. The van der Waals surface area contributed by atoms with E-state index in [4.69, 9.17) is 4.42 Å². The molecule has 0 aromatic carbocycles. The van der Waals surface area contributed by atoms with Crippen LogP contribution in [0.3, 0.4) is 0 Å². The smallest absolute Gasteiger partial charge is 0.191 e. The predicted octanol–water partition coefficient (Wildman–Crippen LogP) is 3.26. The Morgan fingerprint density at radius 3 is 2.71 bits per heavy atom. The number of nitrogens with one attached hydrogen (secondary N) is 2. The Bertz CT molecular complexity index is 454. The standard InChI is InChI=1S/C18H32N4O.HI/c1-4-10-19-18(20-11-7-17-6-5-14-23-17)21-16-8-12-22(13-9-16)15(2)3;/h5-6,14-16H,4,7-13H2,1-3H3,(H2,19,20,21);1H. The van der Waals surface area contributed by atoms with Crippen molar-refractivity contribution in [1.82, 2.24) is 15.5 Å². The minimum absolute atomic E-state index is 0. The third-order valence-electron chi connectivity index (χ3n) is 4.34. The van der Waals surface area contributed by atoms with E-state index in [1.165, 1.54) is 25.9 Å². The van der Waals surface area contributed by atoms with Gasteiger partial charge in [0.15, 0.2) is 5.96 Å². The first-order valence-electron chi connectivity index (χ1n) is 9.00. The van der Waals surface area contributed by atoms with Crippen molar-refractivity contribution in [1.29, 1.82) is 0 Å². The van der Waals surface area contributed by atoms with Gasteiger partial charge in [0, 0.05) is 44.7 Å². The minimum Gasteiger partial charge on any atom is -0.469 e. The van der Waals surface area contributed by atoms with Gasteiger partial charge in [0.1, 0.15) is 5.76 Å². The molecule has 0 unspecified atom stereocenters. The van der Waals surface area contributed by atoms with Gasteiger partial charge in [-0.3, -0.25) is 4.99 Å². The molecule has 1 aliphatic heterocycles. The van der Waals surface area contributed by atoms with Gasteiger partial charge in [-0.1, -0.05) is 6.92 Å². The summed E-state index contributed by atoms with van der Waals surface area (Å²) in [5.74, 6) is 1.96. The topological polar surface area (TPSA) is 52.8 Å². The number of hydrogen-bond acceptors (Lipinski definition) is 3. The molecule has 0 saturated carbocycles. The van der Waals surface area contributed by atoms with Gasteiger partial charge in [-0.25, -0.2) is 0 Å². The Balaban J connectivity index is 0.00000288. The van der Waals surface area contributed by atoms with Crippen molar-refractivity contribution in [2.24, 2.45) is 4.99 Å². The van der Waals surface area contributed by atoms with Crippen molar-refractivity contribution in [3.8, 4) is 0 Å². The lowest BCUT2D eigenvalue weighted by atomic mass is 10.0. The van der Waals surface area contributed by atoms with Gasteiger partial charge < -0.3 is 20.0 Å². The zero-order valence-electron chi connectivity index (χ0n) is 15.3. The Morgan fingerprint density at radius 2 is 2.12 bits per heavy atom. The summed E-state index contributed by atoms with van der Waals surface area (Å²) in [4.78, 5) is 7.21. The van der Waals surface area contributed by atoms with Gasteiger partial charge >= 0.3 is 0 Å². The molecule has 2 N–H and O–H groups in total. The molecule has 2 heterocycles.